The molecule has 0 aliphatic rings. The third-order valence-electron chi connectivity index (χ3n) is 7.20. The van der Waals surface area contributed by atoms with Crippen molar-refractivity contribution >= 4 is 56.2 Å². The predicted molar refractivity (Wildman–Crippen MR) is 180 cm³/mol. The van der Waals surface area contributed by atoms with Crippen LogP contribution in [0.2, 0.25) is 0 Å². The Labute approximate surface area is 250 Å². The Kier molecular flexibility index (Phi) is 9.33. The molecule has 0 heterocycles. The molecule has 0 amide bonds. The number of hydrogen-bond acceptors (Lipinski definition) is 0. The van der Waals surface area contributed by atoms with Gasteiger partial charge in [0.25, 0.3) is 0 Å². The molecule has 6 aromatic carbocycles. The second-order valence-electron chi connectivity index (χ2n) is 9.53. The molecule has 40 heavy (non-hydrogen) atoms. The van der Waals surface area contributed by atoms with Crippen molar-refractivity contribution in [3.63, 3.8) is 0 Å². The first-order valence-electron chi connectivity index (χ1n) is 13.3. The fourth-order valence-electron chi connectivity index (χ4n) is 5.44. The van der Waals surface area contributed by atoms with E-state index in [1.54, 1.807) is 0 Å². The molecule has 6 rings (SSSR count). The van der Waals surface area contributed by atoms with E-state index in [0.717, 1.165) is 0 Å². The van der Waals surface area contributed by atoms with Crippen LogP contribution < -0.4 is 31.8 Å². The summed E-state index contributed by atoms with van der Waals surface area (Å²) in [5, 5.41) is 8.68. The zero-order valence-electron chi connectivity index (χ0n) is 22.1. The van der Waals surface area contributed by atoms with E-state index in [1.165, 1.54) is 45.6 Å². The summed E-state index contributed by atoms with van der Waals surface area (Å²) in [4.78, 5) is 0. The molecule has 0 bridgehead atoms. The summed E-state index contributed by atoms with van der Waals surface area (Å²) in [5.41, 5.74) is 0. The fraction of sp³-hybridized carbons (Fsp3) is 0. The van der Waals surface area contributed by atoms with Crippen molar-refractivity contribution < 1.29 is 13.8 Å². The zero-order valence-corrected chi connectivity index (χ0v) is 25.9. The van der Waals surface area contributed by atoms with E-state index in [1.807, 2.05) is 0 Å². The normalized spacial score (nSPS) is 12.3. The Morgan fingerprint density at radius 2 is 0.400 bits per heavy atom. The number of benzene rings is 6. The van der Waals surface area contributed by atoms with Crippen molar-refractivity contribution in [2.45, 2.75) is 0 Å². The van der Waals surface area contributed by atoms with Crippen LogP contribution in [0.1, 0.15) is 0 Å². The van der Waals surface area contributed by atoms with Crippen molar-refractivity contribution in [2.24, 2.45) is 0 Å². The quantitative estimate of drug-likeness (QED) is 0.165. The third kappa shape index (κ3) is 5.34. The molecular weight excluding hydrogens is 589 g/mol. The topological polar surface area (TPSA) is 0 Å². The Hall–Kier alpha value is -3.02. The second kappa shape index (κ2) is 13.1. The van der Waals surface area contributed by atoms with Crippen molar-refractivity contribution in [3.8, 4) is 0 Å². The molecule has 0 saturated heterocycles. The SMILES string of the molecule is Cl.c1ccc([PH]([Co][PH](c2ccccc2)(c2ccccc2)c2ccccc2)(c2ccccc2)c2ccccc2)cc1. The first kappa shape index (κ1) is 28.5. The molecule has 0 aliphatic heterocycles. The molecule has 0 saturated carbocycles. The summed E-state index contributed by atoms with van der Waals surface area (Å²) in [6.45, 7) is 0. The Morgan fingerprint density at radius 1 is 0.250 bits per heavy atom. The number of halogens is 1. The summed E-state index contributed by atoms with van der Waals surface area (Å²) in [6, 6.07) is 68.0. The molecule has 0 fully saturated rings. The molecule has 0 aromatic heterocycles. The van der Waals surface area contributed by atoms with Crippen molar-refractivity contribution in [2.75, 3.05) is 0 Å². The molecule has 4 heteroatoms. The van der Waals surface area contributed by atoms with Crippen LogP contribution in [0, 0.1) is 0 Å². The molecular formula is C36H33ClCoP2. The van der Waals surface area contributed by atoms with Crippen LogP contribution in [-0.4, -0.2) is 0 Å². The van der Waals surface area contributed by atoms with Crippen molar-refractivity contribution in [1.29, 1.82) is 0 Å². The number of hydrogen-bond donors (Lipinski definition) is 0. The van der Waals surface area contributed by atoms with Gasteiger partial charge >= 0.3 is 240 Å². The third-order valence-corrected chi connectivity index (χ3v) is 28.3. The summed E-state index contributed by atoms with van der Waals surface area (Å²) in [7, 11) is 0. The molecule has 0 unspecified atom stereocenters. The van der Waals surface area contributed by atoms with E-state index < -0.39 is 12.0 Å². The van der Waals surface area contributed by atoms with E-state index in [4.69, 9.17) is 0 Å². The van der Waals surface area contributed by atoms with Gasteiger partial charge in [-0.15, -0.1) is 12.4 Å². The Bertz CT molecular complexity index is 1280. The molecule has 0 radical (unpaired) electrons. The van der Waals surface area contributed by atoms with Gasteiger partial charge in [-0.2, -0.15) is 0 Å². The van der Waals surface area contributed by atoms with E-state index in [-0.39, 0.29) is 12.4 Å². The minimum absolute atomic E-state index is 0. The molecule has 0 nitrogen and oxygen atoms in total. The molecule has 0 atom stereocenters. The van der Waals surface area contributed by atoms with E-state index in [9.17, 15) is 0 Å². The predicted octanol–water partition coefficient (Wildman–Crippen LogP) is 6.77. The number of rotatable bonds is 8. The van der Waals surface area contributed by atoms with Crippen LogP contribution in [0.15, 0.2) is 182 Å². The van der Waals surface area contributed by atoms with Crippen LogP contribution >= 0.6 is 24.4 Å². The van der Waals surface area contributed by atoms with Gasteiger partial charge in [0, 0.05) is 0 Å². The molecule has 0 aliphatic carbocycles. The maximum atomic E-state index is 2.37. The van der Waals surface area contributed by atoms with Crippen LogP contribution in [0.25, 0.3) is 0 Å². The summed E-state index contributed by atoms with van der Waals surface area (Å²) in [5.74, 6) is -5.15. The van der Waals surface area contributed by atoms with Crippen LogP contribution in [-0.2, 0) is 13.8 Å². The van der Waals surface area contributed by atoms with Gasteiger partial charge in [-0.25, -0.2) is 0 Å². The molecule has 0 spiro atoms. The van der Waals surface area contributed by atoms with Crippen LogP contribution in [0.4, 0.5) is 0 Å². The summed E-state index contributed by atoms with van der Waals surface area (Å²) >= 11 is 1.54. The standard InChI is InChI=1S/2C18H15P.ClH.Co/c2*1-4-10-16(11-5-1)19(17-12-6-2-7-13-17)18-14-8-3-9-15-18;;/h2*1-15H;1H;/q;;;-2/p+2. The van der Waals surface area contributed by atoms with E-state index in [0.29, 0.717) is 0 Å². The van der Waals surface area contributed by atoms with Gasteiger partial charge < -0.3 is 0 Å². The van der Waals surface area contributed by atoms with Crippen LogP contribution in [0.3, 0.4) is 0 Å². The Balaban J connectivity index is 0.00000323. The first-order chi connectivity index (χ1) is 19.3. The van der Waals surface area contributed by atoms with Gasteiger partial charge in [0.15, 0.2) is 0 Å². The fourth-order valence-corrected chi connectivity index (χ4v) is 31.6. The van der Waals surface area contributed by atoms with E-state index >= 15 is 0 Å². The monoisotopic (exact) mass is 621 g/mol. The van der Waals surface area contributed by atoms with Gasteiger partial charge in [0.1, 0.15) is 0 Å². The average Bonchev–Trinajstić information content (AvgIpc) is 3.04. The average molecular weight is 622 g/mol. The van der Waals surface area contributed by atoms with Gasteiger partial charge in [-0.05, 0) is 0 Å². The minimum atomic E-state index is -2.58. The molecule has 203 valence electrons. The van der Waals surface area contributed by atoms with Crippen molar-refractivity contribution in [1.82, 2.24) is 0 Å². The maximum absolute atomic E-state index is 2.58. The van der Waals surface area contributed by atoms with Crippen LogP contribution in [0.5, 0.6) is 0 Å². The summed E-state index contributed by atoms with van der Waals surface area (Å²) in [6.07, 6.45) is 0. The summed E-state index contributed by atoms with van der Waals surface area (Å²) < 4.78 is 0. The van der Waals surface area contributed by atoms with Gasteiger partial charge in [-0.1, -0.05) is 0 Å². The van der Waals surface area contributed by atoms with Gasteiger partial charge in [0.2, 0.25) is 0 Å². The zero-order chi connectivity index (χ0) is 26.4. The van der Waals surface area contributed by atoms with E-state index in [2.05, 4.69) is 182 Å². The van der Waals surface area contributed by atoms with Gasteiger partial charge in [-0.3, -0.25) is 0 Å². The second-order valence-corrected chi connectivity index (χ2v) is 23.2. The molecule has 6 aromatic rings. The first-order valence-corrected chi connectivity index (χ1v) is 20.1. The van der Waals surface area contributed by atoms with Crippen molar-refractivity contribution in [3.05, 3.63) is 182 Å². The van der Waals surface area contributed by atoms with Gasteiger partial charge in [0.05, 0.1) is 0 Å². The Morgan fingerprint density at radius 3 is 0.550 bits per heavy atom. The molecule has 0 N–H and O–H groups in total.